The maximum atomic E-state index is 4.72. The van der Waals surface area contributed by atoms with Crippen LogP contribution in [0.25, 0.3) is 5.82 Å². The Morgan fingerprint density at radius 1 is 1.10 bits per heavy atom. The lowest BCUT2D eigenvalue weighted by atomic mass is 9.90. The Morgan fingerprint density at radius 3 is 2.33 bits per heavy atom. The summed E-state index contributed by atoms with van der Waals surface area (Å²) in [6.45, 7) is 13.8. The summed E-state index contributed by atoms with van der Waals surface area (Å²) in [7, 11) is 0. The molecule has 2 aromatic heterocycles. The molecule has 2 rings (SSSR count). The Labute approximate surface area is 126 Å². The third kappa shape index (κ3) is 4.36. The van der Waals surface area contributed by atoms with Gasteiger partial charge in [-0.2, -0.15) is 5.10 Å². The molecule has 5 nitrogen and oxygen atoms in total. The molecule has 1 N–H and O–H groups in total. The third-order valence-corrected chi connectivity index (χ3v) is 3.12. The normalized spacial score (nSPS) is 12.7. The van der Waals surface area contributed by atoms with Gasteiger partial charge in [-0.1, -0.05) is 20.8 Å². The van der Waals surface area contributed by atoms with Crippen molar-refractivity contribution in [2.75, 3.05) is 0 Å². The average Bonchev–Trinajstić information content (AvgIpc) is 2.88. The van der Waals surface area contributed by atoms with Gasteiger partial charge in [-0.15, -0.1) is 0 Å². The maximum Gasteiger partial charge on any atom is 0.155 e. The van der Waals surface area contributed by atoms with E-state index < -0.39 is 0 Å². The van der Waals surface area contributed by atoms with E-state index in [1.165, 1.54) is 11.9 Å². The van der Waals surface area contributed by atoms with E-state index in [1.54, 1.807) is 11.0 Å². The smallest absolute Gasteiger partial charge is 0.155 e. The summed E-state index contributed by atoms with van der Waals surface area (Å²) < 4.78 is 1.70. The monoisotopic (exact) mass is 287 g/mol. The summed E-state index contributed by atoms with van der Waals surface area (Å²) in [6.07, 6.45) is 3.20. The van der Waals surface area contributed by atoms with E-state index in [4.69, 9.17) is 4.98 Å². The van der Waals surface area contributed by atoms with Gasteiger partial charge in [0.2, 0.25) is 0 Å². The summed E-state index contributed by atoms with van der Waals surface area (Å²) in [6, 6.07) is 4.22. The quantitative estimate of drug-likeness (QED) is 0.943. The molecule has 0 aliphatic carbocycles. The SMILES string of the molecule is CC(C)(C)NCc1cc(-n2cncn2)nc(C(C)(C)C)c1. The van der Waals surface area contributed by atoms with Crippen LogP contribution >= 0.6 is 0 Å². The summed E-state index contributed by atoms with van der Waals surface area (Å²) >= 11 is 0. The van der Waals surface area contributed by atoms with Crippen LogP contribution in [-0.4, -0.2) is 25.3 Å². The predicted molar refractivity (Wildman–Crippen MR) is 84.4 cm³/mol. The third-order valence-electron chi connectivity index (χ3n) is 3.12. The summed E-state index contributed by atoms with van der Waals surface area (Å²) in [5.41, 5.74) is 2.34. The van der Waals surface area contributed by atoms with Gasteiger partial charge in [0, 0.05) is 23.2 Å². The number of nitrogens with zero attached hydrogens (tertiary/aromatic N) is 4. The Morgan fingerprint density at radius 2 is 1.81 bits per heavy atom. The van der Waals surface area contributed by atoms with Crippen molar-refractivity contribution in [1.29, 1.82) is 0 Å². The average molecular weight is 287 g/mol. The molecule has 0 unspecified atom stereocenters. The predicted octanol–water partition coefficient (Wildman–Crippen LogP) is 2.85. The zero-order chi connectivity index (χ0) is 15.7. The van der Waals surface area contributed by atoms with E-state index >= 15 is 0 Å². The van der Waals surface area contributed by atoms with E-state index in [-0.39, 0.29) is 11.0 Å². The molecule has 2 heterocycles. The zero-order valence-electron chi connectivity index (χ0n) is 13.8. The van der Waals surface area contributed by atoms with Crippen molar-refractivity contribution in [2.24, 2.45) is 0 Å². The van der Waals surface area contributed by atoms with Crippen LogP contribution in [0.15, 0.2) is 24.8 Å². The van der Waals surface area contributed by atoms with Gasteiger partial charge >= 0.3 is 0 Å². The number of rotatable bonds is 3. The standard InChI is InChI=1S/C16H25N5/c1-15(2,3)13-7-12(9-18-16(4,5)6)8-14(20-13)21-11-17-10-19-21/h7-8,10-11,18H,9H2,1-6H3. The van der Waals surface area contributed by atoms with Crippen molar-refractivity contribution in [3.8, 4) is 5.82 Å². The topological polar surface area (TPSA) is 55.6 Å². The molecule has 5 heteroatoms. The van der Waals surface area contributed by atoms with Crippen LogP contribution in [0.2, 0.25) is 0 Å². The lowest BCUT2D eigenvalue weighted by Crippen LogP contribution is -2.35. The molecule has 0 spiro atoms. The molecule has 2 aromatic rings. The van der Waals surface area contributed by atoms with Crippen LogP contribution in [0, 0.1) is 0 Å². The van der Waals surface area contributed by atoms with Crippen molar-refractivity contribution in [3.05, 3.63) is 36.0 Å². The highest BCUT2D eigenvalue weighted by atomic mass is 15.3. The molecule has 114 valence electrons. The van der Waals surface area contributed by atoms with Crippen LogP contribution in [0.5, 0.6) is 0 Å². The fraction of sp³-hybridized carbons (Fsp3) is 0.562. The second-order valence-corrected chi connectivity index (χ2v) is 7.41. The highest BCUT2D eigenvalue weighted by molar-refractivity contribution is 5.32. The lowest BCUT2D eigenvalue weighted by Gasteiger charge is -2.23. The molecule has 0 amide bonds. The number of nitrogens with one attached hydrogen (secondary N) is 1. The highest BCUT2D eigenvalue weighted by Crippen LogP contribution is 2.23. The molecular formula is C16H25N5. The molecule has 0 atom stereocenters. The molecule has 0 aliphatic rings. The number of hydrogen-bond donors (Lipinski definition) is 1. The van der Waals surface area contributed by atoms with E-state index in [0.717, 1.165) is 18.1 Å². The number of pyridine rings is 1. The first-order valence-electron chi connectivity index (χ1n) is 7.27. The lowest BCUT2D eigenvalue weighted by molar-refractivity contribution is 0.423. The van der Waals surface area contributed by atoms with Gasteiger partial charge in [0.1, 0.15) is 12.7 Å². The van der Waals surface area contributed by atoms with Gasteiger partial charge in [-0.05, 0) is 38.5 Å². The molecular weight excluding hydrogens is 262 g/mol. The molecule has 0 radical (unpaired) electrons. The minimum absolute atomic E-state index is 0.00687. The summed E-state index contributed by atoms with van der Waals surface area (Å²) in [5, 5.41) is 7.70. The van der Waals surface area contributed by atoms with Crippen molar-refractivity contribution < 1.29 is 0 Å². The van der Waals surface area contributed by atoms with E-state index in [9.17, 15) is 0 Å². The molecule has 0 fully saturated rings. The van der Waals surface area contributed by atoms with Crippen LogP contribution in [0.4, 0.5) is 0 Å². The molecule has 0 bridgehead atoms. The van der Waals surface area contributed by atoms with Crippen LogP contribution in [0.1, 0.15) is 52.8 Å². The van der Waals surface area contributed by atoms with E-state index in [0.29, 0.717) is 0 Å². The van der Waals surface area contributed by atoms with Crippen LogP contribution in [0.3, 0.4) is 0 Å². The van der Waals surface area contributed by atoms with E-state index in [2.05, 4.69) is 69.1 Å². The minimum Gasteiger partial charge on any atom is -0.308 e. The summed E-state index contributed by atoms with van der Waals surface area (Å²) in [5.74, 6) is 0.811. The molecule has 0 aliphatic heterocycles. The summed E-state index contributed by atoms with van der Waals surface area (Å²) in [4.78, 5) is 8.73. The molecule has 0 aromatic carbocycles. The van der Waals surface area contributed by atoms with Crippen LogP contribution < -0.4 is 5.32 Å². The number of aromatic nitrogens is 4. The second kappa shape index (κ2) is 5.56. The van der Waals surface area contributed by atoms with Crippen LogP contribution in [-0.2, 0) is 12.0 Å². The highest BCUT2D eigenvalue weighted by Gasteiger charge is 2.18. The first-order valence-corrected chi connectivity index (χ1v) is 7.27. The van der Waals surface area contributed by atoms with Gasteiger partial charge in [0.05, 0.1) is 0 Å². The van der Waals surface area contributed by atoms with Crippen molar-refractivity contribution in [3.63, 3.8) is 0 Å². The minimum atomic E-state index is -0.00687. The fourth-order valence-corrected chi connectivity index (χ4v) is 1.87. The van der Waals surface area contributed by atoms with Gasteiger partial charge in [-0.3, -0.25) is 0 Å². The second-order valence-electron chi connectivity index (χ2n) is 7.41. The Kier molecular flexibility index (Phi) is 4.14. The first kappa shape index (κ1) is 15.6. The maximum absolute atomic E-state index is 4.72. The van der Waals surface area contributed by atoms with Crippen molar-refractivity contribution in [1.82, 2.24) is 25.1 Å². The zero-order valence-corrected chi connectivity index (χ0v) is 13.8. The Bertz CT molecular complexity index is 588. The largest absolute Gasteiger partial charge is 0.308 e. The fourth-order valence-electron chi connectivity index (χ4n) is 1.87. The van der Waals surface area contributed by atoms with Gasteiger partial charge in [0.25, 0.3) is 0 Å². The van der Waals surface area contributed by atoms with Gasteiger partial charge < -0.3 is 5.32 Å². The first-order chi connectivity index (χ1) is 9.65. The Hall–Kier alpha value is -1.75. The van der Waals surface area contributed by atoms with Gasteiger partial charge in [0.15, 0.2) is 5.82 Å². The van der Waals surface area contributed by atoms with Crippen molar-refractivity contribution >= 4 is 0 Å². The van der Waals surface area contributed by atoms with E-state index in [1.807, 2.05) is 0 Å². The molecule has 21 heavy (non-hydrogen) atoms. The van der Waals surface area contributed by atoms with Crippen molar-refractivity contribution in [2.45, 2.75) is 59.0 Å². The number of hydrogen-bond acceptors (Lipinski definition) is 4. The molecule has 0 saturated carbocycles. The Balaban J connectivity index is 2.38. The molecule has 0 saturated heterocycles. The van der Waals surface area contributed by atoms with Gasteiger partial charge in [-0.25, -0.2) is 14.6 Å².